The number of ether oxygens (including phenoxy) is 2. The summed E-state index contributed by atoms with van der Waals surface area (Å²) in [5.41, 5.74) is 2.18. The number of hydrazine groups is 1. The minimum atomic E-state index is -0.887. The number of aromatic nitrogens is 3. The van der Waals surface area contributed by atoms with E-state index in [9.17, 15) is 8.78 Å². The lowest BCUT2D eigenvalue weighted by molar-refractivity contribution is 0.354. The van der Waals surface area contributed by atoms with Crippen LogP contribution in [0, 0.1) is 11.6 Å². The number of hydrogen-bond donors (Lipinski definition) is 2. The zero-order valence-electron chi connectivity index (χ0n) is 9.72. The molecule has 0 atom stereocenters. The Morgan fingerprint density at radius 2 is 1.89 bits per heavy atom. The standard InChI is InChI=1S/C10H9F2N5O2/c1-18-9-14-8(17-13)15-10(16-9)19-7-3-2-5(11)4-6(7)12/h2-4H,13H2,1H3,(H,14,15,16,17). The van der Waals surface area contributed by atoms with E-state index in [-0.39, 0.29) is 23.7 Å². The Kier molecular flexibility index (Phi) is 3.66. The Labute approximate surface area is 106 Å². The first-order valence-corrected chi connectivity index (χ1v) is 5.02. The van der Waals surface area contributed by atoms with Gasteiger partial charge in [-0.15, -0.1) is 4.98 Å². The predicted molar refractivity (Wildman–Crippen MR) is 60.6 cm³/mol. The zero-order valence-corrected chi connectivity index (χ0v) is 9.72. The van der Waals surface area contributed by atoms with E-state index < -0.39 is 11.6 Å². The molecule has 0 bridgehead atoms. The van der Waals surface area contributed by atoms with Crippen molar-refractivity contribution >= 4 is 5.95 Å². The molecule has 0 radical (unpaired) electrons. The number of anilines is 1. The number of methoxy groups -OCH3 is 1. The molecule has 0 amide bonds. The van der Waals surface area contributed by atoms with Crippen molar-refractivity contribution in [3.8, 4) is 17.8 Å². The predicted octanol–water partition coefficient (Wildman–Crippen LogP) is 1.24. The zero-order chi connectivity index (χ0) is 13.8. The van der Waals surface area contributed by atoms with E-state index >= 15 is 0 Å². The maximum Gasteiger partial charge on any atom is 0.330 e. The van der Waals surface area contributed by atoms with E-state index in [1.807, 2.05) is 0 Å². The molecule has 0 aliphatic rings. The smallest absolute Gasteiger partial charge is 0.330 e. The molecule has 1 heterocycles. The molecule has 0 spiro atoms. The fourth-order valence-electron chi connectivity index (χ4n) is 1.20. The summed E-state index contributed by atoms with van der Waals surface area (Å²) in [6.45, 7) is 0. The summed E-state index contributed by atoms with van der Waals surface area (Å²) < 4.78 is 36.0. The van der Waals surface area contributed by atoms with Crippen LogP contribution in [0.1, 0.15) is 0 Å². The Balaban J connectivity index is 2.31. The van der Waals surface area contributed by atoms with Gasteiger partial charge in [-0.3, -0.25) is 5.43 Å². The highest BCUT2D eigenvalue weighted by Gasteiger charge is 2.11. The summed E-state index contributed by atoms with van der Waals surface area (Å²) in [5.74, 6) is 3.28. The van der Waals surface area contributed by atoms with Gasteiger partial charge in [0.05, 0.1) is 7.11 Å². The fraction of sp³-hybridized carbons (Fsp3) is 0.100. The number of nitrogens with one attached hydrogen (secondary N) is 1. The number of hydrogen-bond acceptors (Lipinski definition) is 7. The molecular formula is C10H9F2N5O2. The van der Waals surface area contributed by atoms with Crippen molar-refractivity contribution in [2.24, 2.45) is 5.84 Å². The lowest BCUT2D eigenvalue weighted by Gasteiger charge is -2.07. The third kappa shape index (κ3) is 3.01. The van der Waals surface area contributed by atoms with Gasteiger partial charge in [0.15, 0.2) is 11.6 Å². The molecule has 7 nitrogen and oxygen atoms in total. The van der Waals surface area contributed by atoms with Crippen molar-refractivity contribution in [3.63, 3.8) is 0 Å². The van der Waals surface area contributed by atoms with Gasteiger partial charge in [-0.05, 0) is 12.1 Å². The van der Waals surface area contributed by atoms with Gasteiger partial charge < -0.3 is 9.47 Å². The minimum Gasteiger partial charge on any atom is -0.467 e. The summed E-state index contributed by atoms with van der Waals surface area (Å²) in [6, 6.07) is 2.51. The van der Waals surface area contributed by atoms with Crippen LogP contribution in [0.15, 0.2) is 18.2 Å². The number of rotatable bonds is 4. The van der Waals surface area contributed by atoms with Crippen LogP contribution in [0.4, 0.5) is 14.7 Å². The van der Waals surface area contributed by atoms with Crippen molar-refractivity contribution in [2.45, 2.75) is 0 Å². The van der Waals surface area contributed by atoms with Crippen LogP contribution in [0.2, 0.25) is 0 Å². The molecule has 9 heteroatoms. The molecule has 2 aromatic rings. The number of benzene rings is 1. The molecule has 0 aliphatic carbocycles. The van der Waals surface area contributed by atoms with Gasteiger partial charge in [0.1, 0.15) is 5.82 Å². The molecule has 0 aliphatic heterocycles. The first kappa shape index (κ1) is 12.9. The van der Waals surface area contributed by atoms with Gasteiger partial charge >= 0.3 is 12.0 Å². The van der Waals surface area contributed by atoms with Crippen LogP contribution < -0.4 is 20.7 Å². The molecule has 100 valence electrons. The normalized spacial score (nSPS) is 10.1. The highest BCUT2D eigenvalue weighted by atomic mass is 19.1. The molecular weight excluding hydrogens is 260 g/mol. The highest BCUT2D eigenvalue weighted by Crippen LogP contribution is 2.23. The molecule has 0 fully saturated rings. The van der Waals surface area contributed by atoms with E-state index in [2.05, 4.69) is 20.4 Å². The summed E-state index contributed by atoms with van der Waals surface area (Å²) in [7, 11) is 1.33. The summed E-state index contributed by atoms with van der Waals surface area (Å²) in [5, 5.41) is 0. The van der Waals surface area contributed by atoms with Crippen LogP contribution in [0.5, 0.6) is 17.8 Å². The van der Waals surface area contributed by atoms with Gasteiger partial charge in [-0.25, -0.2) is 14.6 Å². The highest BCUT2D eigenvalue weighted by molar-refractivity contribution is 5.30. The van der Waals surface area contributed by atoms with Crippen LogP contribution in [0.3, 0.4) is 0 Å². The van der Waals surface area contributed by atoms with E-state index in [0.717, 1.165) is 12.1 Å². The Hall–Kier alpha value is -2.55. The number of nitrogens with two attached hydrogens (primary N) is 1. The minimum absolute atomic E-state index is 0.0237. The lowest BCUT2D eigenvalue weighted by Crippen LogP contribution is -2.12. The lowest BCUT2D eigenvalue weighted by atomic mass is 10.3. The second-order valence-corrected chi connectivity index (χ2v) is 3.25. The molecule has 1 aromatic heterocycles. The second kappa shape index (κ2) is 5.40. The SMILES string of the molecule is COc1nc(NN)nc(Oc2ccc(F)cc2F)n1. The van der Waals surface area contributed by atoms with Gasteiger partial charge in [-0.1, -0.05) is 0 Å². The maximum atomic E-state index is 13.4. The van der Waals surface area contributed by atoms with E-state index in [1.54, 1.807) is 0 Å². The van der Waals surface area contributed by atoms with Crippen LogP contribution in [0.25, 0.3) is 0 Å². The Bertz CT molecular complexity index is 574. The third-order valence-electron chi connectivity index (χ3n) is 2.00. The van der Waals surface area contributed by atoms with Crippen LogP contribution in [-0.2, 0) is 0 Å². The van der Waals surface area contributed by atoms with Crippen molar-refractivity contribution in [1.29, 1.82) is 0 Å². The topological polar surface area (TPSA) is 95.2 Å². The van der Waals surface area contributed by atoms with Gasteiger partial charge in [0.25, 0.3) is 0 Å². The fourth-order valence-corrected chi connectivity index (χ4v) is 1.20. The van der Waals surface area contributed by atoms with E-state index in [1.165, 1.54) is 7.11 Å². The largest absolute Gasteiger partial charge is 0.467 e. The van der Waals surface area contributed by atoms with Gasteiger partial charge in [0, 0.05) is 6.07 Å². The Morgan fingerprint density at radius 3 is 2.53 bits per heavy atom. The summed E-state index contributed by atoms with van der Waals surface area (Å²) in [6.07, 6.45) is 0. The van der Waals surface area contributed by atoms with E-state index in [4.69, 9.17) is 15.3 Å². The van der Waals surface area contributed by atoms with Crippen LogP contribution in [-0.4, -0.2) is 22.1 Å². The first-order chi connectivity index (χ1) is 9.12. The third-order valence-corrected chi connectivity index (χ3v) is 2.00. The van der Waals surface area contributed by atoms with Crippen molar-refractivity contribution < 1.29 is 18.3 Å². The van der Waals surface area contributed by atoms with Crippen LogP contribution >= 0.6 is 0 Å². The van der Waals surface area contributed by atoms with E-state index in [0.29, 0.717) is 6.07 Å². The number of halogens is 2. The average molecular weight is 269 g/mol. The molecule has 19 heavy (non-hydrogen) atoms. The summed E-state index contributed by atoms with van der Waals surface area (Å²) >= 11 is 0. The monoisotopic (exact) mass is 269 g/mol. The molecule has 2 rings (SSSR count). The van der Waals surface area contributed by atoms with Gasteiger partial charge in [-0.2, -0.15) is 9.97 Å². The van der Waals surface area contributed by atoms with Gasteiger partial charge in [0.2, 0.25) is 5.95 Å². The molecule has 0 saturated carbocycles. The van der Waals surface area contributed by atoms with Crippen molar-refractivity contribution in [3.05, 3.63) is 29.8 Å². The Morgan fingerprint density at radius 1 is 1.16 bits per heavy atom. The quantitative estimate of drug-likeness (QED) is 0.636. The molecule has 3 N–H and O–H groups in total. The first-order valence-electron chi connectivity index (χ1n) is 5.02. The average Bonchev–Trinajstić information content (AvgIpc) is 2.41. The van der Waals surface area contributed by atoms with Crippen molar-refractivity contribution in [1.82, 2.24) is 15.0 Å². The molecule has 0 unspecified atom stereocenters. The summed E-state index contributed by atoms with van der Waals surface area (Å²) in [4.78, 5) is 11.2. The molecule has 0 saturated heterocycles. The van der Waals surface area contributed by atoms with Crippen molar-refractivity contribution in [2.75, 3.05) is 12.5 Å². The number of nitrogen functional groups attached to an aromatic ring is 1. The second-order valence-electron chi connectivity index (χ2n) is 3.25. The maximum absolute atomic E-state index is 13.4. The molecule has 1 aromatic carbocycles. The number of nitrogens with zero attached hydrogens (tertiary/aromatic N) is 3.